The Morgan fingerprint density at radius 1 is 1.82 bits per heavy atom. The number of carbonyl (C=O) groups excluding carboxylic acids is 1. The molecule has 0 heterocycles. The van der Waals surface area contributed by atoms with Gasteiger partial charge in [0, 0.05) is 18.7 Å². The largest absolute Gasteiger partial charge is 0.349 e. The number of hydrogen-bond donors (Lipinski definition) is 2. The number of nitrogens with two attached hydrogens (primary N) is 1. The lowest BCUT2D eigenvalue weighted by Crippen LogP contribution is -2.36. The van der Waals surface area contributed by atoms with E-state index in [-0.39, 0.29) is 11.9 Å². The fraction of sp³-hybridized carbons (Fsp3) is 0.571. The van der Waals surface area contributed by atoms with Crippen molar-refractivity contribution in [3.05, 3.63) is 11.5 Å². The van der Waals surface area contributed by atoms with Crippen molar-refractivity contribution < 1.29 is 4.79 Å². The molecule has 3 N–H and O–H groups in total. The van der Waals surface area contributed by atoms with Gasteiger partial charge >= 0.3 is 0 Å². The Morgan fingerprint density at radius 3 is 2.91 bits per heavy atom. The van der Waals surface area contributed by atoms with Gasteiger partial charge in [-0.2, -0.15) is 0 Å². The first-order valence-corrected chi connectivity index (χ1v) is 4.69. The molecule has 64 valence electrons. The molecule has 0 saturated heterocycles. The van der Waals surface area contributed by atoms with E-state index in [1.54, 1.807) is 5.41 Å². The van der Waals surface area contributed by atoms with E-state index in [1.165, 1.54) is 17.8 Å². The zero-order valence-electron chi connectivity index (χ0n) is 6.83. The summed E-state index contributed by atoms with van der Waals surface area (Å²) in [5.74, 6) is -0.0858. The fourth-order valence-electron chi connectivity index (χ4n) is 0.480. The van der Waals surface area contributed by atoms with Gasteiger partial charge in [0.1, 0.15) is 0 Å². The number of thioether (sulfide) groups is 1. The van der Waals surface area contributed by atoms with Crippen LogP contribution in [0.5, 0.6) is 0 Å². The third-order valence-corrected chi connectivity index (χ3v) is 1.51. The van der Waals surface area contributed by atoms with Crippen molar-refractivity contribution in [2.24, 2.45) is 5.73 Å². The molecule has 0 aliphatic rings. The number of carbonyl (C=O) groups is 1. The van der Waals surface area contributed by atoms with Gasteiger partial charge in [0.05, 0.1) is 0 Å². The molecule has 0 fully saturated rings. The Kier molecular flexibility index (Phi) is 5.97. The molecule has 0 spiro atoms. The molecule has 0 saturated carbocycles. The lowest BCUT2D eigenvalue weighted by atomic mass is 10.3. The summed E-state index contributed by atoms with van der Waals surface area (Å²) in [5.41, 5.74) is 5.30. The van der Waals surface area contributed by atoms with Gasteiger partial charge in [-0.25, -0.2) is 0 Å². The number of amides is 1. The van der Waals surface area contributed by atoms with Gasteiger partial charge in [-0.15, -0.1) is 11.8 Å². The summed E-state index contributed by atoms with van der Waals surface area (Å²) in [6, 6.07) is 0.0500. The molecular weight excluding hydrogens is 160 g/mol. The second-order valence-electron chi connectivity index (χ2n) is 2.18. The minimum Gasteiger partial charge on any atom is -0.349 e. The lowest BCUT2D eigenvalue weighted by molar-refractivity contribution is -0.117. The Labute approximate surface area is 71.4 Å². The highest BCUT2D eigenvalue weighted by atomic mass is 32.2. The molecule has 0 unspecified atom stereocenters. The number of rotatable bonds is 4. The molecule has 0 aromatic heterocycles. The predicted octanol–water partition coefficient (Wildman–Crippen LogP) is 0.327. The minimum absolute atomic E-state index is 0.0500. The van der Waals surface area contributed by atoms with E-state index < -0.39 is 0 Å². The molecular formula is C7H14N2OS. The van der Waals surface area contributed by atoms with Crippen LogP contribution in [0.25, 0.3) is 0 Å². The van der Waals surface area contributed by atoms with Gasteiger partial charge < -0.3 is 11.1 Å². The summed E-state index contributed by atoms with van der Waals surface area (Å²) in [6.07, 6.45) is 3.40. The van der Waals surface area contributed by atoms with Crippen molar-refractivity contribution in [1.82, 2.24) is 5.32 Å². The number of hydrogen-bond acceptors (Lipinski definition) is 3. The Balaban J connectivity index is 3.60. The maximum absolute atomic E-state index is 10.9. The SMILES string of the molecule is CS/C=C/C(=O)N[C@H](C)CN. The van der Waals surface area contributed by atoms with E-state index in [9.17, 15) is 4.79 Å². The van der Waals surface area contributed by atoms with Crippen molar-refractivity contribution >= 4 is 17.7 Å². The van der Waals surface area contributed by atoms with Crippen LogP contribution in [0.3, 0.4) is 0 Å². The van der Waals surface area contributed by atoms with Crippen molar-refractivity contribution in [1.29, 1.82) is 0 Å². The van der Waals surface area contributed by atoms with E-state index in [0.717, 1.165) is 0 Å². The van der Waals surface area contributed by atoms with Crippen LogP contribution in [0.1, 0.15) is 6.92 Å². The van der Waals surface area contributed by atoms with Crippen LogP contribution in [0.4, 0.5) is 0 Å². The third kappa shape index (κ3) is 5.94. The van der Waals surface area contributed by atoms with Gasteiger partial charge in [0.15, 0.2) is 0 Å². The predicted molar refractivity (Wildman–Crippen MR) is 49.3 cm³/mol. The van der Waals surface area contributed by atoms with Crippen LogP contribution in [0, 0.1) is 0 Å². The number of nitrogens with one attached hydrogen (secondary N) is 1. The standard InChI is InChI=1S/C7H14N2OS/c1-6(5-8)9-7(10)3-4-11-2/h3-4,6H,5,8H2,1-2H3,(H,9,10)/b4-3+/t6-/m1/s1. The van der Waals surface area contributed by atoms with Crippen molar-refractivity contribution in [3.63, 3.8) is 0 Å². The second kappa shape index (κ2) is 6.24. The van der Waals surface area contributed by atoms with E-state index in [0.29, 0.717) is 6.54 Å². The van der Waals surface area contributed by atoms with Crippen molar-refractivity contribution in [3.8, 4) is 0 Å². The summed E-state index contributed by atoms with van der Waals surface area (Å²) in [4.78, 5) is 10.9. The zero-order chi connectivity index (χ0) is 8.69. The molecule has 11 heavy (non-hydrogen) atoms. The van der Waals surface area contributed by atoms with E-state index in [1.807, 2.05) is 13.2 Å². The summed E-state index contributed by atoms with van der Waals surface area (Å²) in [5, 5.41) is 4.43. The van der Waals surface area contributed by atoms with Crippen molar-refractivity contribution in [2.75, 3.05) is 12.8 Å². The highest BCUT2D eigenvalue weighted by molar-refractivity contribution is 8.01. The molecule has 1 atom stereocenters. The molecule has 0 aliphatic heterocycles. The first-order chi connectivity index (χ1) is 5.20. The quantitative estimate of drug-likeness (QED) is 0.604. The van der Waals surface area contributed by atoms with E-state index >= 15 is 0 Å². The van der Waals surface area contributed by atoms with E-state index in [2.05, 4.69) is 5.32 Å². The fourth-order valence-corrected chi connectivity index (χ4v) is 0.739. The second-order valence-corrected chi connectivity index (χ2v) is 2.93. The molecule has 3 nitrogen and oxygen atoms in total. The Morgan fingerprint density at radius 2 is 2.45 bits per heavy atom. The third-order valence-electron chi connectivity index (χ3n) is 1.10. The summed E-state index contributed by atoms with van der Waals surface area (Å²) in [7, 11) is 0. The first kappa shape index (κ1) is 10.5. The van der Waals surface area contributed by atoms with Crippen LogP contribution in [0.2, 0.25) is 0 Å². The average Bonchev–Trinajstić information content (AvgIpc) is 2.00. The maximum Gasteiger partial charge on any atom is 0.244 e. The molecule has 1 amide bonds. The maximum atomic E-state index is 10.9. The van der Waals surface area contributed by atoms with Crippen LogP contribution < -0.4 is 11.1 Å². The Bertz CT molecular complexity index is 147. The van der Waals surface area contributed by atoms with Crippen LogP contribution in [-0.4, -0.2) is 24.7 Å². The minimum atomic E-state index is -0.0858. The van der Waals surface area contributed by atoms with Crippen LogP contribution >= 0.6 is 11.8 Å². The smallest absolute Gasteiger partial charge is 0.244 e. The van der Waals surface area contributed by atoms with Gasteiger partial charge in [-0.05, 0) is 18.6 Å². The summed E-state index contributed by atoms with van der Waals surface area (Å²) < 4.78 is 0. The van der Waals surface area contributed by atoms with E-state index in [4.69, 9.17) is 5.73 Å². The van der Waals surface area contributed by atoms with Gasteiger partial charge in [-0.1, -0.05) is 0 Å². The molecule has 0 aromatic rings. The molecule has 0 aromatic carbocycles. The van der Waals surface area contributed by atoms with Gasteiger partial charge in [0.2, 0.25) is 5.91 Å². The Hall–Kier alpha value is -0.480. The molecule has 4 heteroatoms. The highest BCUT2D eigenvalue weighted by Gasteiger charge is 1.99. The highest BCUT2D eigenvalue weighted by Crippen LogP contribution is 1.92. The summed E-state index contributed by atoms with van der Waals surface area (Å²) in [6.45, 7) is 2.34. The molecule has 0 radical (unpaired) electrons. The average molecular weight is 174 g/mol. The summed E-state index contributed by atoms with van der Waals surface area (Å²) >= 11 is 1.49. The molecule has 0 bridgehead atoms. The van der Waals surface area contributed by atoms with Crippen LogP contribution in [0.15, 0.2) is 11.5 Å². The molecule has 0 aliphatic carbocycles. The first-order valence-electron chi connectivity index (χ1n) is 3.40. The van der Waals surface area contributed by atoms with Crippen LogP contribution in [-0.2, 0) is 4.79 Å². The normalized spacial score (nSPS) is 13.4. The topological polar surface area (TPSA) is 55.1 Å². The molecule has 0 rings (SSSR count). The van der Waals surface area contributed by atoms with Gasteiger partial charge in [0.25, 0.3) is 0 Å². The zero-order valence-corrected chi connectivity index (χ0v) is 7.65. The van der Waals surface area contributed by atoms with Crippen molar-refractivity contribution in [2.45, 2.75) is 13.0 Å². The monoisotopic (exact) mass is 174 g/mol. The lowest BCUT2D eigenvalue weighted by Gasteiger charge is -2.07. The van der Waals surface area contributed by atoms with Gasteiger partial charge in [-0.3, -0.25) is 4.79 Å².